The van der Waals surface area contributed by atoms with Crippen LogP contribution in [0.4, 0.5) is 18.3 Å². The number of aromatic nitrogens is 2. The quantitative estimate of drug-likeness (QED) is 0.805. The molecule has 0 radical (unpaired) electrons. The number of rotatable bonds is 4. The van der Waals surface area contributed by atoms with Crippen LogP contribution in [-0.4, -0.2) is 30.0 Å². The molecule has 1 saturated carbocycles. The van der Waals surface area contributed by atoms with Crippen molar-refractivity contribution in [2.75, 3.05) is 5.32 Å². The van der Waals surface area contributed by atoms with E-state index in [9.17, 15) is 26.4 Å². The minimum Gasteiger partial charge on any atom is -0.296 e. The maximum absolute atomic E-state index is 12.5. The van der Waals surface area contributed by atoms with Crippen LogP contribution in [0.2, 0.25) is 0 Å². The molecule has 0 atom stereocenters. The van der Waals surface area contributed by atoms with E-state index < -0.39 is 26.1 Å². The Kier molecular flexibility index (Phi) is 5.52. The molecule has 3 rings (SSSR count). The third kappa shape index (κ3) is 4.29. The Morgan fingerprint density at radius 1 is 1.07 bits per heavy atom. The van der Waals surface area contributed by atoms with E-state index in [1.165, 1.54) is 17.8 Å². The lowest BCUT2D eigenvalue weighted by atomic mass is 9.90. The number of nitrogens with zero attached hydrogens (tertiary/aromatic N) is 2. The molecule has 1 aliphatic rings. The van der Waals surface area contributed by atoms with Gasteiger partial charge in [0.25, 0.3) is 15.7 Å². The molecule has 0 aliphatic heterocycles. The molecule has 6 nitrogen and oxygen atoms in total. The zero-order valence-electron chi connectivity index (χ0n) is 14.0. The number of hydrogen-bond donors (Lipinski definition) is 1. The SMILES string of the molecule is O=C(Nc1nnc(C2CCCCC2)s1)c1ccc(S(=O)(=O)C(F)(F)F)cc1. The van der Waals surface area contributed by atoms with Gasteiger partial charge in [-0.25, -0.2) is 8.42 Å². The number of carbonyl (C=O) groups excluding carboxylic acids is 1. The molecule has 2 aromatic rings. The fourth-order valence-corrected chi connectivity index (χ4v) is 4.56. The molecule has 1 aromatic carbocycles. The number of halogens is 3. The molecule has 146 valence electrons. The molecule has 1 amide bonds. The van der Waals surface area contributed by atoms with Gasteiger partial charge in [0.15, 0.2) is 0 Å². The third-order valence-electron chi connectivity index (χ3n) is 4.35. The summed E-state index contributed by atoms with van der Waals surface area (Å²) < 4.78 is 60.3. The Bertz CT molecular complexity index is 918. The molecule has 1 aromatic heterocycles. The van der Waals surface area contributed by atoms with Gasteiger partial charge in [0.1, 0.15) is 5.01 Å². The average Bonchev–Trinajstić information content (AvgIpc) is 3.10. The summed E-state index contributed by atoms with van der Waals surface area (Å²) in [6.07, 6.45) is 5.56. The van der Waals surface area contributed by atoms with Crippen LogP contribution < -0.4 is 5.32 Å². The van der Waals surface area contributed by atoms with Crippen LogP contribution in [0, 0.1) is 0 Å². The predicted octanol–water partition coefficient (Wildman–Crippen LogP) is 4.13. The fourth-order valence-electron chi connectivity index (χ4n) is 2.89. The molecule has 27 heavy (non-hydrogen) atoms. The summed E-state index contributed by atoms with van der Waals surface area (Å²) in [7, 11) is -5.44. The van der Waals surface area contributed by atoms with Crippen LogP contribution in [0.15, 0.2) is 29.2 Å². The van der Waals surface area contributed by atoms with Crippen LogP contribution in [0.3, 0.4) is 0 Å². The van der Waals surface area contributed by atoms with Crippen LogP contribution in [0.1, 0.15) is 53.4 Å². The van der Waals surface area contributed by atoms with E-state index in [-0.39, 0.29) is 5.56 Å². The lowest BCUT2D eigenvalue weighted by Gasteiger charge is -2.18. The summed E-state index contributed by atoms with van der Waals surface area (Å²) in [5.41, 5.74) is -5.37. The van der Waals surface area contributed by atoms with Gasteiger partial charge in [-0.2, -0.15) is 13.2 Å². The Morgan fingerprint density at radius 3 is 2.30 bits per heavy atom. The number of alkyl halides is 3. The molecule has 1 N–H and O–H groups in total. The monoisotopic (exact) mass is 419 g/mol. The van der Waals surface area contributed by atoms with Crippen molar-refractivity contribution in [1.82, 2.24) is 10.2 Å². The number of carbonyl (C=O) groups is 1. The van der Waals surface area contributed by atoms with E-state index in [0.29, 0.717) is 11.0 Å². The number of hydrogen-bond acceptors (Lipinski definition) is 6. The Labute approximate surface area is 157 Å². The van der Waals surface area contributed by atoms with Gasteiger partial charge < -0.3 is 0 Å². The van der Waals surface area contributed by atoms with Crippen molar-refractivity contribution >= 4 is 32.2 Å². The first-order valence-corrected chi connectivity index (χ1v) is 10.5. The first-order chi connectivity index (χ1) is 12.7. The van der Waals surface area contributed by atoms with Gasteiger partial charge in [-0.15, -0.1) is 10.2 Å². The minimum atomic E-state index is -5.44. The maximum Gasteiger partial charge on any atom is 0.501 e. The molecular formula is C16H16F3N3O3S2. The molecule has 1 heterocycles. The van der Waals surface area contributed by atoms with Crippen molar-refractivity contribution in [3.63, 3.8) is 0 Å². The molecule has 0 bridgehead atoms. The van der Waals surface area contributed by atoms with E-state index >= 15 is 0 Å². The van der Waals surface area contributed by atoms with Crippen molar-refractivity contribution in [2.24, 2.45) is 0 Å². The van der Waals surface area contributed by atoms with Gasteiger partial charge in [0, 0.05) is 11.5 Å². The van der Waals surface area contributed by atoms with Gasteiger partial charge in [-0.3, -0.25) is 10.1 Å². The largest absolute Gasteiger partial charge is 0.501 e. The number of nitrogens with one attached hydrogen (secondary N) is 1. The van der Waals surface area contributed by atoms with E-state index in [2.05, 4.69) is 15.5 Å². The molecular weight excluding hydrogens is 403 g/mol. The molecule has 0 unspecified atom stereocenters. The Balaban J connectivity index is 1.69. The van der Waals surface area contributed by atoms with Gasteiger partial charge >= 0.3 is 5.51 Å². The summed E-state index contributed by atoms with van der Waals surface area (Å²) in [4.78, 5) is 11.3. The highest BCUT2D eigenvalue weighted by Gasteiger charge is 2.46. The first-order valence-electron chi connectivity index (χ1n) is 8.24. The topological polar surface area (TPSA) is 89.0 Å². The van der Waals surface area contributed by atoms with Gasteiger partial charge in [0.05, 0.1) is 4.90 Å². The number of sulfone groups is 1. The highest BCUT2D eigenvalue weighted by atomic mass is 32.2. The van der Waals surface area contributed by atoms with Crippen molar-refractivity contribution in [3.8, 4) is 0 Å². The van der Waals surface area contributed by atoms with Crippen molar-refractivity contribution in [2.45, 2.75) is 48.4 Å². The van der Waals surface area contributed by atoms with Crippen LogP contribution >= 0.6 is 11.3 Å². The van der Waals surface area contributed by atoms with Crippen LogP contribution in [0.25, 0.3) is 0 Å². The van der Waals surface area contributed by atoms with E-state index in [1.54, 1.807) is 0 Å². The summed E-state index contributed by atoms with van der Waals surface area (Å²) >= 11 is 1.27. The zero-order valence-corrected chi connectivity index (χ0v) is 15.6. The molecule has 1 fully saturated rings. The number of amides is 1. The Morgan fingerprint density at radius 2 is 1.70 bits per heavy atom. The highest BCUT2D eigenvalue weighted by molar-refractivity contribution is 7.92. The summed E-state index contributed by atoms with van der Waals surface area (Å²) in [6.45, 7) is 0. The van der Waals surface area contributed by atoms with Gasteiger partial charge in [0.2, 0.25) is 5.13 Å². The second-order valence-electron chi connectivity index (χ2n) is 6.21. The number of benzene rings is 1. The van der Waals surface area contributed by atoms with Crippen molar-refractivity contribution in [3.05, 3.63) is 34.8 Å². The Hall–Kier alpha value is -2.01. The molecule has 11 heteroatoms. The van der Waals surface area contributed by atoms with E-state index in [4.69, 9.17) is 0 Å². The van der Waals surface area contributed by atoms with Gasteiger partial charge in [-0.1, -0.05) is 30.6 Å². The lowest BCUT2D eigenvalue weighted by Crippen LogP contribution is -2.23. The maximum atomic E-state index is 12.5. The van der Waals surface area contributed by atoms with Gasteiger partial charge in [-0.05, 0) is 37.1 Å². The van der Waals surface area contributed by atoms with Crippen molar-refractivity contribution < 1.29 is 26.4 Å². The second kappa shape index (κ2) is 7.55. The molecule has 0 saturated heterocycles. The number of anilines is 1. The smallest absolute Gasteiger partial charge is 0.296 e. The van der Waals surface area contributed by atoms with Crippen molar-refractivity contribution in [1.29, 1.82) is 0 Å². The third-order valence-corrected chi connectivity index (χ3v) is 6.85. The zero-order chi connectivity index (χ0) is 19.7. The minimum absolute atomic E-state index is 0.0190. The molecule has 0 spiro atoms. The predicted molar refractivity (Wildman–Crippen MR) is 93.4 cm³/mol. The van der Waals surface area contributed by atoms with E-state index in [1.807, 2.05) is 0 Å². The summed E-state index contributed by atoms with van der Waals surface area (Å²) in [5, 5.41) is 11.7. The van der Waals surface area contributed by atoms with E-state index in [0.717, 1.165) is 55.0 Å². The lowest BCUT2D eigenvalue weighted by molar-refractivity contribution is -0.0436. The first kappa shape index (κ1) is 19.7. The summed E-state index contributed by atoms with van der Waals surface area (Å²) in [6, 6.07) is 3.56. The van der Waals surface area contributed by atoms with Crippen LogP contribution in [0.5, 0.6) is 0 Å². The van der Waals surface area contributed by atoms with Crippen LogP contribution in [-0.2, 0) is 9.84 Å². The summed E-state index contributed by atoms with van der Waals surface area (Å²) in [5.74, 6) is -0.258. The molecule has 1 aliphatic carbocycles. The fraction of sp³-hybridized carbons (Fsp3) is 0.438. The highest BCUT2D eigenvalue weighted by Crippen LogP contribution is 2.35. The standard InChI is InChI=1S/C16H16F3N3O3S2/c17-16(18,19)27(24,25)12-8-6-10(7-9-12)13(23)20-15-22-21-14(26-15)11-4-2-1-3-5-11/h6-9,11H,1-5H2,(H,20,22,23). The second-order valence-corrected chi connectivity index (χ2v) is 9.16. The normalized spacial score (nSPS) is 16.3. The average molecular weight is 419 g/mol.